The molecule has 3 aromatic carbocycles. The molecule has 5 rings (SSSR count). The highest BCUT2D eigenvalue weighted by atomic mass is 35.5. The molecular weight excluding hydrogens is 416 g/mol. The highest BCUT2D eigenvalue weighted by Gasteiger charge is 2.26. The number of aromatic nitrogens is 1. The van der Waals surface area contributed by atoms with Crippen LogP contribution in [0, 0.1) is 13.8 Å². The summed E-state index contributed by atoms with van der Waals surface area (Å²) < 4.78 is 2.17. The summed E-state index contributed by atoms with van der Waals surface area (Å²) in [6.45, 7) is 5.50. The molecule has 3 nitrogen and oxygen atoms in total. The van der Waals surface area contributed by atoms with Crippen LogP contribution in [0.15, 0.2) is 78.9 Å². The second kappa shape index (κ2) is 8.33. The van der Waals surface area contributed by atoms with Crippen LogP contribution in [-0.4, -0.2) is 21.9 Å². The van der Waals surface area contributed by atoms with Gasteiger partial charge < -0.3 is 9.47 Å². The van der Waals surface area contributed by atoms with E-state index >= 15 is 0 Å². The van der Waals surface area contributed by atoms with Crippen molar-refractivity contribution in [3.63, 3.8) is 0 Å². The maximum Gasteiger partial charge on any atom is 0.256 e. The van der Waals surface area contributed by atoms with Crippen LogP contribution in [0.1, 0.15) is 32.7 Å². The molecule has 0 aliphatic carbocycles. The molecule has 0 bridgehead atoms. The number of nitrogens with zero attached hydrogens (tertiary/aromatic N) is 2. The Kier molecular flexibility index (Phi) is 5.36. The van der Waals surface area contributed by atoms with Crippen LogP contribution < -0.4 is 0 Å². The van der Waals surface area contributed by atoms with Gasteiger partial charge in [-0.3, -0.25) is 4.79 Å². The fourth-order valence-corrected chi connectivity index (χ4v) is 4.65. The van der Waals surface area contributed by atoms with E-state index in [4.69, 9.17) is 11.6 Å². The van der Waals surface area contributed by atoms with Crippen molar-refractivity contribution in [1.82, 2.24) is 9.47 Å². The predicted molar refractivity (Wildman–Crippen MR) is 131 cm³/mol. The van der Waals surface area contributed by atoms with Crippen LogP contribution in [-0.2, 0) is 13.0 Å². The first-order chi connectivity index (χ1) is 15.5. The van der Waals surface area contributed by atoms with E-state index in [1.54, 1.807) is 0 Å². The van der Waals surface area contributed by atoms with Gasteiger partial charge in [0.2, 0.25) is 0 Å². The first kappa shape index (κ1) is 20.6. The van der Waals surface area contributed by atoms with E-state index in [9.17, 15) is 4.79 Å². The Labute approximate surface area is 193 Å². The van der Waals surface area contributed by atoms with E-state index in [1.807, 2.05) is 48.2 Å². The summed E-state index contributed by atoms with van der Waals surface area (Å²) in [7, 11) is 0. The number of rotatable bonds is 3. The van der Waals surface area contributed by atoms with Crippen molar-refractivity contribution < 1.29 is 4.79 Å². The van der Waals surface area contributed by atoms with Gasteiger partial charge in [0.05, 0.1) is 11.3 Å². The molecule has 1 aliphatic heterocycles. The Bertz CT molecular complexity index is 1290. The summed E-state index contributed by atoms with van der Waals surface area (Å²) in [5, 5.41) is 0.696. The Balaban J connectivity index is 1.59. The monoisotopic (exact) mass is 440 g/mol. The molecule has 0 unspecified atom stereocenters. The summed E-state index contributed by atoms with van der Waals surface area (Å²) in [6.07, 6.45) is 0.893. The fraction of sp³-hybridized carbons (Fsp3) is 0.179. The molecule has 1 aromatic heterocycles. The lowest BCUT2D eigenvalue weighted by Gasteiger charge is -2.29. The van der Waals surface area contributed by atoms with E-state index in [2.05, 4.69) is 54.0 Å². The molecule has 2 heterocycles. The first-order valence-corrected chi connectivity index (χ1v) is 11.3. The summed E-state index contributed by atoms with van der Waals surface area (Å²) in [4.78, 5) is 15.6. The van der Waals surface area contributed by atoms with Gasteiger partial charge in [0, 0.05) is 29.5 Å². The fourth-order valence-electron chi connectivity index (χ4n) is 4.52. The van der Waals surface area contributed by atoms with Gasteiger partial charge in [0.1, 0.15) is 0 Å². The second-order valence-electron chi connectivity index (χ2n) is 8.45. The molecule has 0 atom stereocenters. The Hall–Kier alpha value is -3.30. The lowest BCUT2D eigenvalue weighted by Crippen LogP contribution is -2.36. The highest BCUT2D eigenvalue weighted by molar-refractivity contribution is 6.30. The average Bonchev–Trinajstić information content (AvgIpc) is 3.16. The molecule has 0 fully saturated rings. The van der Waals surface area contributed by atoms with E-state index in [-0.39, 0.29) is 5.91 Å². The van der Waals surface area contributed by atoms with Crippen molar-refractivity contribution in [2.24, 2.45) is 0 Å². The van der Waals surface area contributed by atoms with Gasteiger partial charge >= 0.3 is 0 Å². The lowest BCUT2D eigenvalue weighted by atomic mass is 9.99. The van der Waals surface area contributed by atoms with Gasteiger partial charge in [-0.1, -0.05) is 65.7 Å². The van der Waals surface area contributed by atoms with Crippen molar-refractivity contribution in [3.8, 4) is 16.9 Å². The van der Waals surface area contributed by atoms with Crippen LogP contribution in [0.5, 0.6) is 0 Å². The summed E-state index contributed by atoms with van der Waals surface area (Å²) in [5.74, 6) is 0.0816. The number of aryl methyl sites for hydroxylation is 1. The summed E-state index contributed by atoms with van der Waals surface area (Å²) >= 11 is 6.14. The number of carbonyl (C=O) groups excluding carboxylic acids is 1. The molecule has 0 radical (unpaired) electrons. The Morgan fingerprint density at radius 1 is 0.875 bits per heavy atom. The molecule has 160 valence electrons. The SMILES string of the molecule is Cc1ccc(-n2c(-c3ccc(Cl)cc3)cc(C(=O)N3CCc4ccccc4C3)c2C)cc1. The maximum atomic E-state index is 13.7. The van der Waals surface area contributed by atoms with Crippen LogP contribution in [0.2, 0.25) is 5.02 Å². The van der Waals surface area contributed by atoms with Crippen LogP contribution in [0.4, 0.5) is 0 Å². The standard InChI is InChI=1S/C28H25ClN2O/c1-19-7-13-25(14-8-19)31-20(2)26(17-27(31)22-9-11-24(29)12-10-22)28(32)30-16-15-21-5-3-4-6-23(21)18-30/h3-14,17H,15-16,18H2,1-2H3. The zero-order valence-corrected chi connectivity index (χ0v) is 19.1. The lowest BCUT2D eigenvalue weighted by molar-refractivity contribution is 0.0734. The number of fused-ring (bicyclic) bond motifs is 1. The molecule has 4 aromatic rings. The Morgan fingerprint density at radius 2 is 1.56 bits per heavy atom. The normalized spacial score (nSPS) is 13.2. The predicted octanol–water partition coefficient (Wildman–Crippen LogP) is 6.61. The third-order valence-corrected chi connectivity index (χ3v) is 6.58. The molecular formula is C28H25ClN2O. The zero-order valence-electron chi connectivity index (χ0n) is 18.3. The van der Waals surface area contributed by atoms with Crippen molar-refractivity contribution >= 4 is 17.5 Å². The quantitative estimate of drug-likeness (QED) is 0.351. The van der Waals surface area contributed by atoms with E-state index in [0.29, 0.717) is 11.6 Å². The second-order valence-corrected chi connectivity index (χ2v) is 8.89. The molecule has 32 heavy (non-hydrogen) atoms. The van der Waals surface area contributed by atoms with E-state index < -0.39 is 0 Å². The van der Waals surface area contributed by atoms with Crippen LogP contribution in [0.25, 0.3) is 16.9 Å². The molecule has 1 amide bonds. The molecule has 0 N–H and O–H groups in total. The molecule has 0 spiro atoms. The topological polar surface area (TPSA) is 25.2 Å². The van der Waals surface area contributed by atoms with Crippen molar-refractivity contribution in [2.45, 2.75) is 26.8 Å². The average molecular weight is 441 g/mol. The highest BCUT2D eigenvalue weighted by Crippen LogP contribution is 2.32. The first-order valence-electron chi connectivity index (χ1n) is 10.9. The summed E-state index contributed by atoms with van der Waals surface area (Å²) in [5.41, 5.74) is 8.53. The van der Waals surface area contributed by atoms with Gasteiger partial charge in [-0.25, -0.2) is 0 Å². The third kappa shape index (κ3) is 3.74. The number of hydrogen-bond acceptors (Lipinski definition) is 1. The van der Waals surface area contributed by atoms with Gasteiger partial charge in [0.15, 0.2) is 0 Å². The van der Waals surface area contributed by atoms with Gasteiger partial charge in [0.25, 0.3) is 5.91 Å². The number of amides is 1. The van der Waals surface area contributed by atoms with Crippen LogP contribution >= 0.6 is 11.6 Å². The van der Waals surface area contributed by atoms with Crippen molar-refractivity contribution in [1.29, 1.82) is 0 Å². The molecule has 0 saturated carbocycles. The number of benzene rings is 3. The molecule has 4 heteroatoms. The Morgan fingerprint density at radius 3 is 2.28 bits per heavy atom. The van der Waals surface area contributed by atoms with Crippen molar-refractivity contribution in [3.05, 3.63) is 112 Å². The minimum absolute atomic E-state index is 0.0816. The van der Waals surface area contributed by atoms with Crippen molar-refractivity contribution in [2.75, 3.05) is 6.54 Å². The number of halogens is 1. The zero-order chi connectivity index (χ0) is 22.2. The minimum Gasteiger partial charge on any atom is -0.334 e. The molecule has 1 aliphatic rings. The minimum atomic E-state index is 0.0816. The number of carbonyl (C=O) groups is 1. The van der Waals surface area contributed by atoms with Gasteiger partial charge in [-0.2, -0.15) is 0 Å². The van der Waals surface area contributed by atoms with E-state index in [1.165, 1.54) is 16.7 Å². The maximum absolute atomic E-state index is 13.7. The largest absolute Gasteiger partial charge is 0.334 e. The van der Waals surface area contributed by atoms with Gasteiger partial charge in [-0.05, 0) is 67.3 Å². The van der Waals surface area contributed by atoms with E-state index in [0.717, 1.165) is 41.2 Å². The third-order valence-electron chi connectivity index (χ3n) is 6.33. The molecule has 0 saturated heterocycles. The summed E-state index contributed by atoms with van der Waals surface area (Å²) in [6, 6.07) is 26.6. The number of hydrogen-bond donors (Lipinski definition) is 0. The smallest absolute Gasteiger partial charge is 0.256 e. The van der Waals surface area contributed by atoms with Crippen LogP contribution in [0.3, 0.4) is 0 Å². The van der Waals surface area contributed by atoms with Gasteiger partial charge in [-0.15, -0.1) is 0 Å².